The Bertz CT molecular complexity index is 712. The lowest BCUT2D eigenvalue weighted by atomic mass is 10.00. The van der Waals surface area contributed by atoms with Crippen LogP contribution in [0.15, 0.2) is 53.5 Å². The highest BCUT2D eigenvalue weighted by molar-refractivity contribution is 14.0. The lowest BCUT2D eigenvalue weighted by molar-refractivity contribution is 0.258. The third-order valence-corrected chi connectivity index (χ3v) is 4.73. The molecule has 1 aliphatic heterocycles. The maximum Gasteiger partial charge on any atom is 0.191 e. The zero-order valence-electron chi connectivity index (χ0n) is 15.7. The fourth-order valence-corrected chi connectivity index (χ4v) is 3.19. The predicted octanol–water partition coefficient (Wildman–Crippen LogP) is 3.34. The average Bonchev–Trinajstić information content (AvgIpc) is 2.65. The molecule has 0 atom stereocenters. The second-order valence-electron chi connectivity index (χ2n) is 6.63. The van der Waals surface area contributed by atoms with E-state index in [1.54, 1.807) is 0 Å². The summed E-state index contributed by atoms with van der Waals surface area (Å²) in [5.74, 6) is 0.859. The molecule has 1 aliphatic rings. The van der Waals surface area contributed by atoms with E-state index in [1.807, 2.05) is 7.05 Å². The highest BCUT2D eigenvalue weighted by Crippen LogP contribution is 2.17. The molecule has 0 fully saturated rings. The fraction of sp³-hybridized carbons (Fsp3) is 0.381. The van der Waals surface area contributed by atoms with Gasteiger partial charge in [-0.05, 0) is 30.0 Å². The monoisotopic (exact) mass is 464 g/mol. The molecule has 0 saturated carbocycles. The van der Waals surface area contributed by atoms with Crippen LogP contribution in [0.4, 0.5) is 0 Å². The van der Waals surface area contributed by atoms with Crippen LogP contribution in [0.25, 0.3) is 0 Å². The Hall–Kier alpha value is -1.60. The number of hydrogen-bond acceptors (Lipinski definition) is 2. The van der Waals surface area contributed by atoms with Crippen molar-refractivity contribution >= 4 is 29.9 Å². The van der Waals surface area contributed by atoms with Gasteiger partial charge in [-0.1, -0.05) is 54.1 Å². The molecule has 2 aromatic rings. The van der Waals surface area contributed by atoms with Crippen molar-refractivity contribution in [2.75, 3.05) is 26.7 Å². The van der Waals surface area contributed by atoms with Crippen LogP contribution in [0.5, 0.6) is 0 Å². The number of aryl methyl sites for hydroxylation is 1. The van der Waals surface area contributed by atoms with Crippen LogP contribution < -0.4 is 10.6 Å². The second-order valence-corrected chi connectivity index (χ2v) is 6.63. The third kappa shape index (κ3) is 5.99. The number of benzene rings is 2. The standard InChI is InChI=1S/C21H28N4.HI/c1-17-7-9-18(10-8-17)15-24-21(22-2)23-12-14-25-13-11-19-5-3-4-6-20(19)16-25;/h3-10H,11-16H2,1-2H3,(H2,22,23,24);1H. The van der Waals surface area contributed by atoms with Crippen molar-refractivity contribution in [1.82, 2.24) is 15.5 Å². The van der Waals surface area contributed by atoms with Gasteiger partial charge in [0, 0.05) is 39.8 Å². The third-order valence-electron chi connectivity index (χ3n) is 4.73. The lowest BCUT2D eigenvalue weighted by Gasteiger charge is -2.28. The van der Waals surface area contributed by atoms with Gasteiger partial charge in [-0.25, -0.2) is 0 Å². The highest BCUT2D eigenvalue weighted by Gasteiger charge is 2.14. The lowest BCUT2D eigenvalue weighted by Crippen LogP contribution is -2.42. The number of fused-ring (bicyclic) bond motifs is 1. The average molecular weight is 464 g/mol. The number of rotatable bonds is 5. The van der Waals surface area contributed by atoms with Crippen LogP contribution in [0.2, 0.25) is 0 Å². The number of guanidine groups is 1. The van der Waals surface area contributed by atoms with Gasteiger partial charge >= 0.3 is 0 Å². The molecule has 0 saturated heterocycles. The first-order chi connectivity index (χ1) is 12.2. The molecule has 140 valence electrons. The van der Waals surface area contributed by atoms with E-state index < -0.39 is 0 Å². The van der Waals surface area contributed by atoms with Crippen molar-refractivity contribution < 1.29 is 0 Å². The van der Waals surface area contributed by atoms with Gasteiger partial charge in [0.25, 0.3) is 0 Å². The molecule has 0 amide bonds. The minimum absolute atomic E-state index is 0. The Morgan fingerprint density at radius 2 is 1.77 bits per heavy atom. The SMILES string of the molecule is CN=C(NCCN1CCc2ccccc2C1)NCc1ccc(C)cc1.I. The topological polar surface area (TPSA) is 39.7 Å². The summed E-state index contributed by atoms with van der Waals surface area (Å²) in [4.78, 5) is 6.82. The Labute approximate surface area is 174 Å². The van der Waals surface area contributed by atoms with Gasteiger partial charge in [-0.15, -0.1) is 24.0 Å². The highest BCUT2D eigenvalue weighted by atomic mass is 127. The van der Waals surface area contributed by atoms with Gasteiger partial charge < -0.3 is 10.6 Å². The predicted molar refractivity (Wildman–Crippen MR) is 120 cm³/mol. The first kappa shape index (κ1) is 20.7. The molecule has 0 radical (unpaired) electrons. The van der Waals surface area contributed by atoms with E-state index in [0.29, 0.717) is 0 Å². The Morgan fingerprint density at radius 3 is 2.50 bits per heavy atom. The zero-order valence-corrected chi connectivity index (χ0v) is 18.0. The number of nitrogens with one attached hydrogen (secondary N) is 2. The Kier molecular flexibility index (Phi) is 8.38. The molecular weight excluding hydrogens is 435 g/mol. The van der Waals surface area contributed by atoms with E-state index in [-0.39, 0.29) is 24.0 Å². The van der Waals surface area contributed by atoms with Gasteiger partial charge in [0.1, 0.15) is 0 Å². The molecule has 0 spiro atoms. The van der Waals surface area contributed by atoms with E-state index in [1.165, 1.54) is 22.3 Å². The molecule has 3 rings (SSSR count). The van der Waals surface area contributed by atoms with Crippen molar-refractivity contribution in [3.8, 4) is 0 Å². The second kappa shape index (κ2) is 10.5. The zero-order chi connectivity index (χ0) is 17.5. The smallest absolute Gasteiger partial charge is 0.191 e. The van der Waals surface area contributed by atoms with E-state index in [0.717, 1.165) is 45.1 Å². The van der Waals surface area contributed by atoms with Crippen molar-refractivity contribution in [3.63, 3.8) is 0 Å². The number of aliphatic imine (C=N–C) groups is 1. The largest absolute Gasteiger partial charge is 0.355 e. The van der Waals surface area contributed by atoms with Crippen LogP contribution in [0.3, 0.4) is 0 Å². The van der Waals surface area contributed by atoms with Crippen molar-refractivity contribution in [3.05, 3.63) is 70.8 Å². The number of nitrogens with zero attached hydrogens (tertiary/aromatic N) is 2. The molecule has 2 aromatic carbocycles. The first-order valence-electron chi connectivity index (χ1n) is 9.04. The number of hydrogen-bond donors (Lipinski definition) is 2. The quantitative estimate of drug-likeness (QED) is 0.405. The molecule has 1 heterocycles. The normalized spacial score (nSPS) is 14.3. The molecule has 2 N–H and O–H groups in total. The van der Waals surface area contributed by atoms with Crippen LogP contribution in [-0.2, 0) is 19.5 Å². The summed E-state index contributed by atoms with van der Waals surface area (Å²) in [5, 5.41) is 6.80. The van der Waals surface area contributed by atoms with Gasteiger partial charge in [-0.3, -0.25) is 9.89 Å². The minimum atomic E-state index is 0. The summed E-state index contributed by atoms with van der Waals surface area (Å²) in [6.07, 6.45) is 1.15. The van der Waals surface area contributed by atoms with Crippen LogP contribution in [0.1, 0.15) is 22.3 Å². The van der Waals surface area contributed by atoms with Gasteiger partial charge in [-0.2, -0.15) is 0 Å². The molecule has 26 heavy (non-hydrogen) atoms. The summed E-state index contributed by atoms with van der Waals surface area (Å²) in [7, 11) is 1.82. The van der Waals surface area contributed by atoms with E-state index in [4.69, 9.17) is 0 Å². The van der Waals surface area contributed by atoms with Gasteiger partial charge in [0.15, 0.2) is 5.96 Å². The first-order valence-corrected chi connectivity index (χ1v) is 9.04. The van der Waals surface area contributed by atoms with Crippen LogP contribution in [0, 0.1) is 6.92 Å². The Balaban J connectivity index is 0.00000243. The molecule has 0 bridgehead atoms. The maximum atomic E-state index is 4.32. The maximum absolute atomic E-state index is 4.32. The fourth-order valence-electron chi connectivity index (χ4n) is 3.19. The Morgan fingerprint density at radius 1 is 1.04 bits per heavy atom. The van der Waals surface area contributed by atoms with Gasteiger partial charge in [0.2, 0.25) is 0 Å². The summed E-state index contributed by atoms with van der Waals surface area (Å²) in [5.41, 5.74) is 5.52. The molecule has 5 heteroatoms. The van der Waals surface area contributed by atoms with Crippen LogP contribution in [-0.4, -0.2) is 37.5 Å². The number of halogens is 1. The van der Waals surface area contributed by atoms with Crippen LogP contribution >= 0.6 is 24.0 Å². The molecule has 0 aromatic heterocycles. The van der Waals surface area contributed by atoms with Crippen molar-refractivity contribution in [2.24, 2.45) is 4.99 Å². The summed E-state index contributed by atoms with van der Waals surface area (Å²) >= 11 is 0. The minimum Gasteiger partial charge on any atom is -0.355 e. The van der Waals surface area contributed by atoms with Crippen molar-refractivity contribution in [1.29, 1.82) is 0 Å². The summed E-state index contributed by atoms with van der Waals surface area (Å²) < 4.78 is 0. The summed E-state index contributed by atoms with van der Waals surface area (Å²) in [6.45, 7) is 7.00. The van der Waals surface area contributed by atoms with E-state index in [2.05, 4.69) is 76.0 Å². The molecule has 0 unspecified atom stereocenters. The summed E-state index contributed by atoms with van der Waals surface area (Å²) in [6, 6.07) is 17.4. The molecule has 0 aliphatic carbocycles. The molecular formula is C21H29IN4. The van der Waals surface area contributed by atoms with Crippen molar-refractivity contribution in [2.45, 2.75) is 26.4 Å². The molecule has 4 nitrogen and oxygen atoms in total. The van der Waals surface area contributed by atoms with E-state index >= 15 is 0 Å². The van der Waals surface area contributed by atoms with E-state index in [9.17, 15) is 0 Å². The van der Waals surface area contributed by atoms with Gasteiger partial charge in [0.05, 0.1) is 0 Å².